The number of hydrogen-bond donors (Lipinski definition) is 2. The summed E-state index contributed by atoms with van der Waals surface area (Å²) in [6.45, 7) is 13.7. The lowest BCUT2D eigenvalue weighted by Gasteiger charge is -2.31. The van der Waals surface area contributed by atoms with E-state index in [9.17, 15) is 14.4 Å². The molecule has 8 nitrogen and oxygen atoms in total. The topological polar surface area (TPSA) is 104 Å². The molecule has 3 amide bonds. The third-order valence-corrected chi connectivity index (χ3v) is 9.66. The van der Waals surface area contributed by atoms with E-state index in [2.05, 4.69) is 48.5 Å². The van der Waals surface area contributed by atoms with Crippen LogP contribution in [0, 0.1) is 30.6 Å². The molecule has 4 rings (SSSR count). The highest BCUT2D eigenvalue weighted by Gasteiger charge is 2.68. The summed E-state index contributed by atoms with van der Waals surface area (Å²) < 4.78 is 0. The number of amides is 3. The zero-order valence-electron chi connectivity index (χ0n) is 19.9. The third-order valence-electron chi connectivity index (χ3n) is 7.58. The van der Waals surface area contributed by atoms with E-state index in [0.29, 0.717) is 10.6 Å². The van der Waals surface area contributed by atoms with E-state index in [1.165, 1.54) is 22.7 Å². The fraction of sp³-hybridized carbons (Fsp3) is 0.609. The second-order valence-corrected chi connectivity index (χ2v) is 12.2. The molecule has 0 spiro atoms. The molecule has 2 aliphatic rings. The maximum Gasteiger partial charge on any atom is 0.289 e. The molecule has 10 heteroatoms. The van der Waals surface area contributed by atoms with Crippen molar-refractivity contribution < 1.29 is 14.4 Å². The Bertz CT molecular complexity index is 1080. The van der Waals surface area contributed by atoms with Crippen molar-refractivity contribution in [1.29, 1.82) is 0 Å². The maximum atomic E-state index is 13.0. The Kier molecular flexibility index (Phi) is 6.11. The van der Waals surface area contributed by atoms with Crippen LogP contribution < -0.4 is 10.9 Å². The monoisotopic (exact) mass is 489 g/mol. The molecular weight excluding hydrogens is 458 g/mol. The molecule has 33 heavy (non-hydrogen) atoms. The van der Waals surface area contributed by atoms with Crippen LogP contribution in [0.3, 0.4) is 0 Å². The van der Waals surface area contributed by atoms with Crippen LogP contribution in [0.5, 0.6) is 0 Å². The molecule has 1 aliphatic heterocycles. The lowest BCUT2D eigenvalue weighted by Crippen LogP contribution is -2.41. The van der Waals surface area contributed by atoms with Crippen molar-refractivity contribution in [1.82, 2.24) is 25.7 Å². The number of rotatable bonds is 4. The minimum Gasteiger partial charge on any atom is -0.342 e. The summed E-state index contributed by atoms with van der Waals surface area (Å²) in [7, 11) is 0. The van der Waals surface area contributed by atoms with E-state index in [0.717, 1.165) is 35.9 Å². The highest BCUT2D eigenvalue weighted by atomic mass is 32.1. The average Bonchev–Trinajstić information content (AvgIpc) is 3.19. The van der Waals surface area contributed by atoms with Gasteiger partial charge in [-0.3, -0.25) is 25.2 Å². The Morgan fingerprint density at radius 3 is 2.15 bits per heavy atom. The van der Waals surface area contributed by atoms with Gasteiger partial charge in [-0.2, -0.15) is 0 Å². The second kappa shape index (κ2) is 8.47. The summed E-state index contributed by atoms with van der Waals surface area (Å²) in [6.07, 6.45) is 1.68. The number of piperidine rings is 1. The standard InChI is InChI=1S/C23H31N5O3S2/c1-12-16(33-13(2)24-12)19(30)27-26-18(29)15-11-32-20(25-15)14-7-9-28(10-8-14)21(31)17-22(3,4)23(17,5)6/h11,14,17H,7-10H2,1-6H3,(H,26,29)(H,27,30). The van der Waals surface area contributed by atoms with Gasteiger partial charge in [-0.25, -0.2) is 9.97 Å². The lowest BCUT2D eigenvalue weighted by molar-refractivity contribution is -0.134. The molecule has 0 unspecified atom stereocenters. The number of thiazole rings is 2. The molecule has 2 aromatic rings. The van der Waals surface area contributed by atoms with E-state index in [1.54, 1.807) is 12.3 Å². The second-order valence-electron chi connectivity index (χ2n) is 10.1. The Morgan fingerprint density at radius 2 is 1.61 bits per heavy atom. The molecule has 1 aliphatic carbocycles. The van der Waals surface area contributed by atoms with Crippen molar-refractivity contribution in [3.05, 3.63) is 31.7 Å². The van der Waals surface area contributed by atoms with Crippen LogP contribution in [0.1, 0.15) is 82.3 Å². The number of aryl methyl sites for hydroxylation is 2. The number of likely N-dealkylation sites (tertiary alicyclic amines) is 1. The molecule has 3 heterocycles. The van der Waals surface area contributed by atoms with Gasteiger partial charge in [-0.15, -0.1) is 22.7 Å². The molecule has 178 valence electrons. The maximum absolute atomic E-state index is 13.0. The number of nitrogens with zero attached hydrogens (tertiary/aromatic N) is 3. The van der Waals surface area contributed by atoms with E-state index < -0.39 is 5.91 Å². The SMILES string of the molecule is Cc1nc(C)c(C(=O)NNC(=O)c2csc(C3CCN(C(=O)C4C(C)(C)C4(C)C)CC3)n2)s1. The van der Waals surface area contributed by atoms with Crippen molar-refractivity contribution in [2.75, 3.05) is 13.1 Å². The van der Waals surface area contributed by atoms with Gasteiger partial charge < -0.3 is 4.90 Å². The predicted octanol–water partition coefficient (Wildman–Crippen LogP) is 3.68. The Balaban J connectivity index is 1.29. The molecule has 1 saturated heterocycles. The molecular formula is C23H31N5O3S2. The summed E-state index contributed by atoms with van der Waals surface area (Å²) in [5.74, 6) is -0.246. The lowest BCUT2D eigenvalue weighted by atomic mass is 9.96. The largest absolute Gasteiger partial charge is 0.342 e. The van der Waals surface area contributed by atoms with Gasteiger partial charge in [0.15, 0.2) is 0 Å². The fourth-order valence-electron chi connectivity index (χ4n) is 4.90. The molecule has 0 bridgehead atoms. The van der Waals surface area contributed by atoms with Gasteiger partial charge in [0.05, 0.1) is 15.7 Å². The van der Waals surface area contributed by atoms with Crippen LogP contribution in [0.2, 0.25) is 0 Å². The smallest absolute Gasteiger partial charge is 0.289 e. The summed E-state index contributed by atoms with van der Waals surface area (Å²) in [5.41, 5.74) is 5.90. The van der Waals surface area contributed by atoms with Crippen molar-refractivity contribution in [2.24, 2.45) is 16.7 Å². The number of carbonyl (C=O) groups excluding carboxylic acids is 3. The number of nitrogens with one attached hydrogen (secondary N) is 2. The van der Waals surface area contributed by atoms with Gasteiger partial charge in [0.25, 0.3) is 11.8 Å². The first-order chi connectivity index (χ1) is 15.4. The van der Waals surface area contributed by atoms with E-state index in [4.69, 9.17) is 0 Å². The first-order valence-electron chi connectivity index (χ1n) is 11.2. The fourth-order valence-corrected chi connectivity index (χ4v) is 6.69. The molecule has 2 aromatic heterocycles. The van der Waals surface area contributed by atoms with Gasteiger partial charge in [-0.1, -0.05) is 27.7 Å². The van der Waals surface area contributed by atoms with Crippen molar-refractivity contribution >= 4 is 40.4 Å². The van der Waals surface area contributed by atoms with Crippen LogP contribution in [0.4, 0.5) is 0 Å². The molecule has 0 aromatic carbocycles. The van der Waals surface area contributed by atoms with Gasteiger partial charge >= 0.3 is 0 Å². The van der Waals surface area contributed by atoms with Crippen LogP contribution in [-0.2, 0) is 4.79 Å². The van der Waals surface area contributed by atoms with Gasteiger partial charge in [0, 0.05) is 30.3 Å². The molecule has 2 N–H and O–H groups in total. The Morgan fingerprint density at radius 1 is 1.00 bits per heavy atom. The van der Waals surface area contributed by atoms with Gasteiger partial charge in [0.1, 0.15) is 10.6 Å². The first kappa shape index (κ1) is 23.8. The summed E-state index contributed by atoms with van der Waals surface area (Å²) in [6, 6.07) is 0. The van der Waals surface area contributed by atoms with Crippen LogP contribution >= 0.6 is 22.7 Å². The Labute approximate surface area is 202 Å². The van der Waals surface area contributed by atoms with Crippen molar-refractivity contribution in [3.8, 4) is 0 Å². The third kappa shape index (κ3) is 4.30. The van der Waals surface area contributed by atoms with Crippen molar-refractivity contribution in [3.63, 3.8) is 0 Å². The summed E-state index contributed by atoms with van der Waals surface area (Å²) in [4.78, 5) is 49.0. The quantitative estimate of drug-likeness (QED) is 0.638. The molecule has 0 radical (unpaired) electrons. The van der Waals surface area contributed by atoms with E-state index >= 15 is 0 Å². The first-order valence-corrected chi connectivity index (χ1v) is 12.9. The molecule has 2 fully saturated rings. The molecule has 0 atom stereocenters. The zero-order valence-corrected chi connectivity index (χ0v) is 21.6. The van der Waals surface area contributed by atoms with E-state index in [1.807, 2.05) is 11.8 Å². The predicted molar refractivity (Wildman–Crippen MR) is 128 cm³/mol. The number of carbonyl (C=O) groups is 3. The summed E-state index contributed by atoms with van der Waals surface area (Å²) in [5, 5.41) is 3.41. The van der Waals surface area contributed by atoms with E-state index in [-0.39, 0.29) is 40.2 Å². The molecule has 1 saturated carbocycles. The minimum atomic E-state index is -0.449. The number of hydrogen-bond acceptors (Lipinski definition) is 7. The Hall–Kier alpha value is -2.33. The van der Waals surface area contributed by atoms with Gasteiger partial charge in [-0.05, 0) is 37.5 Å². The van der Waals surface area contributed by atoms with Crippen LogP contribution in [-0.4, -0.2) is 45.7 Å². The summed E-state index contributed by atoms with van der Waals surface area (Å²) >= 11 is 2.74. The number of aromatic nitrogens is 2. The highest BCUT2D eigenvalue weighted by molar-refractivity contribution is 7.13. The van der Waals surface area contributed by atoms with Crippen LogP contribution in [0.15, 0.2) is 5.38 Å². The number of hydrazine groups is 1. The minimum absolute atomic E-state index is 0.0471. The zero-order chi connectivity index (χ0) is 24.1. The average molecular weight is 490 g/mol. The van der Waals surface area contributed by atoms with Crippen LogP contribution in [0.25, 0.3) is 0 Å². The highest BCUT2D eigenvalue weighted by Crippen LogP contribution is 2.68. The van der Waals surface area contributed by atoms with Gasteiger partial charge in [0.2, 0.25) is 5.91 Å². The van der Waals surface area contributed by atoms with Crippen molar-refractivity contribution in [2.45, 2.75) is 60.3 Å². The normalized spacial score (nSPS) is 19.9.